The number of rotatable bonds is 2. The average molecular weight is 178 g/mol. The molecule has 66 valence electrons. The Hall–Kier alpha value is 0.170. The first-order chi connectivity index (χ1) is 5.26. The van der Waals surface area contributed by atoms with Crippen LogP contribution in [0, 0.1) is 0 Å². The van der Waals surface area contributed by atoms with Crippen LogP contribution in [-0.4, -0.2) is 18.0 Å². The smallest absolute Gasteiger partial charge is 0.137 e. The first-order valence-electron chi connectivity index (χ1n) is 4.18. The van der Waals surface area contributed by atoms with Crippen molar-refractivity contribution in [1.82, 2.24) is 16.0 Å². The molecule has 1 saturated heterocycles. The molecule has 0 bridgehead atoms. The molecule has 0 saturated carbocycles. The van der Waals surface area contributed by atoms with Crippen LogP contribution in [-0.2, 0) is 0 Å². The van der Waals surface area contributed by atoms with Crippen molar-refractivity contribution >= 4 is 11.6 Å². The van der Waals surface area contributed by atoms with Crippen molar-refractivity contribution in [3.8, 4) is 0 Å². The van der Waals surface area contributed by atoms with E-state index in [2.05, 4.69) is 29.8 Å². The van der Waals surface area contributed by atoms with Crippen LogP contribution >= 0.6 is 11.6 Å². The van der Waals surface area contributed by atoms with Crippen molar-refractivity contribution in [2.45, 2.75) is 44.6 Å². The van der Waals surface area contributed by atoms with Crippen molar-refractivity contribution in [2.75, 3.05) is 0 Å². The second kappa shape index (κ2) is 4.26. The summed E-state index contributed by atoms with van der Waals surface area (Å²) in [5.41, 5.74) is -0.0915. The molecule has 0 aromatic heterocycles. The SMILES string of the molecule is CCC1NC(Cl)NC(CC)N1. The lowest BCUT2D eigenvalue weighted by Gasteiger charge is -2.35. The summed E-state index contributed by atoms with van der Waals surface area (Å²) in [6.45, 7) is 4.26. The van der Waals surface area contributed by atoms with Gasteiger partial charge in [-0.25, -0.2) is 0 Å². The molecule has 1 aliphatic heterocycles. The zero-order valence-corrected chi connectivity index (χ0v) is 7.78. The van der Waals surface area contributed by atoms with Gasteiger partial charge in [0.1, 0.15) is 5.62 Å². The molecular weight excluding hydrogens is 162 g/mol. The number of hydrogen-bond donors (Lipinski definition) is 3. The van der Waals surface area contributed by atoms with Crippen LogP contribution < -0.4 is 16.0 Å². The van der Waals surface area contributed by atoms with Gasteiger partial charge in [-0.1, -0.05) is 25.4 Å². The van der Waals surface area contributed by atoms with Crippen LogP contribution in [0.1, 0.15) is 26.7 Å². The van der Waals surface area contributed by atoms with Crippen molar-refractivity contribution in [1.29, 1.82) is 0 Å². The van der Waals surface area contributed by atoms with Gasteiger partial charge in [0.25, 0.3) is 0 Å². The second-order valence-electron chi connectivity index (χ2n) is 2.78. The molecule has 0 aromatic rings. The molecule has 0 aliphatic carbocycles. The maximum absolute atomic E-state index is 5.90. The molecule has 1 aliphatic rings. The Kier molecular flexibility index (Phi) is 3.59. The van der Waals surface area contributed by atoms with E-state index in [1.54, 1.807) is 0 Å². The lowest BCUT2D eigenvalue weighted by molar-refractivity contribution is 0.232. The normalized spacial score (nSPS) is 39.0. The molecule has 1 heterocycles. The average Bonchev–Trinajstić information content (AvgIpc) is 2.03. The molecule has 3 N–H and O–H groups in total. The number of alkyl halides is 1. The van der Waals surface area contributed by atoms with Crippen molar-refractivity contribution in [3.63, 3.8) is 0 Å². The molecular formula is C7H16ClN3. The quantitative estimate of drug-likeness (QED) is 0.431. The Morgan fingerprint density at radius 3 is 1.82 bits per heavy atom. The zero-order valence-electron chi connectivity index (χ0n) is 7.02. The van der Waals surface area contributed by atoms with Crippen LogP contribution in [0.2, 0.25) is 0 Å². The fourth-order valence-electron chi connectivity index (χ4n) is 1.21. The predicted octanol–water partition coefficient (Wildman–Crippen LogP) is 0.763. The van der Waals surface area contributed by atoms with Gasteiger partial charge in [-0.2, -0.15) is 0 Å². The second-order valence-corrected chi connectivity index (χ2v) is 3.22. The summed E-state index contributed by atoms with van der Waals surface area (Å²) in [5.74, 6) is 0. The highest BCUT2D eigenvalue weighted by molar-refractivity contribution is 6.20. The van der Waals surface area contributed by atoms with Gasteiger partial charge in [-0.3, -0.25) is 16.0 Å². The minimum atomic E-state index is -0.0915. The van der Waals surface area contributed by atoms with Gasteiger partial charge in [0.05, 0.1) is 12.3 Å². The number of hydrogen-bond acceptors (Lipinski definition) is 3. The van der Waals surface area contributed by atoms with Gasteiger partial charge >= 0.3 is 0 Å². The maximum atomic E-state index is 5.90. The van der Waals surface area contributed by atoms with Gasteiger partial charge in [0, 0.05) is 0 Å². The topological polar surface area (TPSA) is 36.1 Å². The largest absolute Gasteiger partial charge is 0.286 e. The summed E-state index contributed by atoms with van der Waals surface area (Å²) < 4.78 is 0. The minimum Gasteiger partial charge on any atom is -0.286 e. The Morgan fingerprint density at radius 2 is 1.45 bits per heavy atom. The summed E-state index contributed by atoms with van der Waals surface area (Å²) in [6.07, 6.45) is 2.82. The molecule has 2 unspecified atom stereocenters. The first kappa shape index (κ1) is 9.26. The molecule has 2 atom stereocenters. The predicted molar refractivity (Wildman–Crippen MR) is 47.2 cm³/mol. The first-order valence-corrected chi connectivity index (χ1v) is 4.62. The molecule has 11 heavy (non-hydrogen) atoms. The lowest BCUT2D eigenvalue weighted by Crippen LogP contribution is -2.64. The standard InChI is InChI=1S/C7H16ClN3/c1-3-5-9-6(4-2)11-7(8)10-5/h5-7,9-11H,3-4H2,1-2H3. The Balaban J connectivity index is 2.37. The van der Waals surface area contributed by atoms with Crippen LogP contribution in [0.15, 0.2) is 0 Å². The molecule has 1 fully saturated rings. The Morgan fingerprint density at radius 1 is 1.00 bits per heavy atom. The van der Waals surface area contributed by atoms with E-state index >= 15 is 0 Å². The van der Waals surface area contributed by atoms with Crippen LogP contribution in [0.25, 0.3) is 0 Å². The molecule has 0 amide bonds. The molecule has 3 nitrogen and oxygen atoms in total. The fraction of sp³-hybridized carbons (Fsp3) is 1.00. The summed E-state index contributed by atoms with van der Waals surface area (Å²) in [7, 11) is 0. The van der Waals surface area contributed by atoms with Gasteiger partial charge in [-0.05, 0) is 12.8 Å². The fourth-order valence-corrected chi connectivity index (χ4v) is 1.52. The summed E-state index contributed by atoms with van der Waals surface area (Å²) in [5, 5.41) is 9.72. The van der Waals surface area contributed by atoms with E-state index < -0.39 is 0 Å². The van der Waals surface area contributed by atoms with Crippen molar-refractivity contribution in [3.05, 3.63) is 0 Å². The van der Waals surface area contributed by atoms with Crippen LogP contribution in [0.4, 0.5) is 0 Å². The molecule has 0 spiro atoms. The minimum absolute atomic E-state index is 0.0915. The van der Waals surface area contributed by atoms with Gasteiger partial charge in [0.2, 0.25) is 0 Å². The third-order valence-corrected chi connectivity index (χ3v) is 2.17. The van der Waals surface area contributed by atoms with Crippen LogP contribution in [0.5, 0.6) is 0 Å². The highest BCUT2D eigenvalue weighted by atomic mass is 35.5. The van der Waals surface area contributed by atoms with E-state index in [1.807, 2.05) is 0 Å². The third-order valence-electron chi connectivity index (χ3n) is 1.91. The molecule has 1 rings (SSSR count). The summed E-state index contributed by atoms with van der Waals surface area (Å²) in [4.78, 5) is 0. The number of halogens is 1. The van der Waals surface area contributed by atoms with E-state index in [9.17, 15) is 0 Å². The third kappa shape index (κ3) is 2.60. The van der Waals surface area contributed by atoms with E-state index in [4.69, 9.17) is 11.6 Å². The van der Waals surface area contributed by atoms with Gasteiger partial charge < -0.3 is 0 Å². The molecule has 4 heteroatoms. The van der Waals surface area contributed by atoms with Crippen molar-refractivity contribution in [2.24, 2.45) is 0 Å². The zero-order chi connectivity index (χ0) is 8.27. The Labute approximate surface area is 72.9 Å². The summed E-state index contributed by atoms with van der Waals surface area (Å²) in [6, 6.07) is 0. The molecule has 0 radical (unpaired) electrons. The maximum Gasteiger partial charge on any atom is 0.137 e. The van der Waals surface area contributed by atoms with E-state index in [0.29, 0.717) is 12.3 Å². The van der Waals surface area contributed by atoms with Crippen LogP contribution in [0.3, 0.4) is 0 Å². The highest BCUT2D eigenvalue weighted by Crippen LogP contribution is 2.02. The summed E-state index contributed by atoms with van der Waals surface area (Å²) >= 11 is 5.90. The molecule has 0 aromatic carbocycles. The lowest BCUT2D eigenvalue weighted by atomic mass is 10.3. The van der Waals surface area contributed by atoms with Gasteiger partial charge in [-0.15, -0.1) is 0 Å². The van der Waals surface area contributed by atoms with E-state index in [0.717, 1.165) is 12.8 Å². The number of nitrogens with one attached hydrogen (secondary N) is 3. The van der Waals surface area contributed by atoms with E-state index in [1.165, 1.54) is 0 Å². The van der Waals surface area contributed by atoms with Crippen molar-refractivity contribution < 1.29 is 0 Å². The highest BCUT2D eigenvalue weighted by Gasteiger charge is 2.22. The van der Waals surface area contributed by atoms with Gasteiger partial charge in [0.15, 0.2) is 0 Å². The Bertz CT molecular complexity index is 108. The monoisotopic (exact) mass is 177 g/mol. The van der Waals surface area contributed by atoms with E-state index in [-0.39, 0.29) is 5.62 Å².